The Morgan fingerprint density at radius 3 is 1.55 bits per heavy atom. The number of hydrogen-bond acceptors (Lipinski definition) is 2. The number of hydrogen-bond donors (Lipinski definition) is 0. The summed E-state index contributed by atoms with van der Waals surface area (Å²) < 4.78 is 5.67. The van der Waals surface area contributed by atoms with Crippen molar-refractivity contribution in [2.24, 2.45) is 11.8 Å². The van der Waals surface area contributed by atoms with Gasteiger partial charge < -0.3 is 4.74 Å². The first-order valence-electron chi connectivity index (χ1n) is 13.3. The zero-order valence-corrected chi connectivity index (χ0v) is 20.6. The Morgan fingerprint density at radius 2 is 1.03 bits per heavy atom. The maximum Gasteiger partial charge on any atom is 0.308 e. The molecule has 0 N–H and O–H groups in total. The minimum absolute atomic E-state index is 0.0249. The number of ether oxygens (including phenoxy) is 1. The molecule has 0 aromatic carbocycles. The van der Waals surface area contributed by atoms with E-state index in [0.717, 1.165) is 12.8 Å². The highest BCUT2D eigenvalue weighted by molar-refractivity contribution is 5.71. The summed E-state index contributed by atoms with van der Waals surface area (Å²) in [6.07, 6.45) is 24.9. The van der Waals surface area contributed by atoms with E-state index in [1.165, 1.54) is 109 Å². The molecule has 0 saturated heterocycles. The molecule has 0 saturated carbocycles. The van der Waals surface area contributed by atoms with E-state index in [4.69, 9.17) is 4.74 Å². The van der Waals surface area contributed by atoms with Gasteiger partial charge in [-0.05, 0) is 25.2 Å². The van der Waals surface area contributed by atoms with Gasteiger partial charge in [0.05, 0.1) is 12.5 Å². The van der Waals surface area contributed by atoms with Crippen LogP contribution in [0.5, 0.6) is 0 Å². The van der Waals surface area contributed by atoms with Crippen molar-refractivity contribution in [1.29, 1.82) is 0 Å². The van der Waals surface area contributed by atoms with Crippen LogP contribution in [0.3, 0.4) is 0 Å². The maximum atomic E-state index is 12.2. The fourth-order valence-electron chi connectivity index (χ4n) is 4.15. The molecule has 0 aliphatic carbocycles. The zero-order chi connectivity index (χ0) is 21.6. The van der Waals surface area contributed by atoms with Gasteiger partial charge in [0.15, 0.2) is 0 Å². The summed E-state index contributed by atoms with van der Waals surface area (Å²) in [5, 5.41) is 0. The van der Waals surface area contributed by atoms with Crippen molar-refractivity contribution in [3.05, 3.63) is 0 Å². The molecule has 29 heavy (non-hydrogen) atoms. The van der Waals surface area contributed by atoms with Crippen molar-refractivity contribution in [2.75, 3.05) is 6.61 Å². The van der Waals surface area contributed by atoms with Crippen LogP contribution in [0.2, 0.25) is 0 Å². The number of unbranched alkanes of at least 4 members (excludes halogenated alkanes) is 13. The molecule has 2 unspecified atom stereocenters. The van der Waals surface area contributed by atoms with Crippen molar-refractivity contribution in [2.45, 2.75) is 150 Å². The van der Waals surface area contributed by atoms with E-state index in [1.807, 2.05) is 6.92 Å². The molecule has 0 bridgehead atoms. The molecule has 0 amide bonds. The summed E-state index contributed by atoms with van der Waals surface area (Å²) in [6.45, 7) is 9.40. The lowest BCUT2D eigenvalue weighted by molar-refractivity contribution is -0.149. The van der Waals surface area contributed by atoms with Gasteiger partial charge in [0, 0.05) is 0 Å². The van der Waals surface area contributed by atoms with Crippen LogP contribution in [-0.4, -0.2) is 12.6 Å². The molecule has 0 radical (unpaired) electrons. The fraction of sp³-hybridized carbons (Fsp3) is 0.963. The lowest BCUT2D eigenvalue weighted by Gasteiger charge is -2.18. The third-order valence-electron chi connectivity index (χ3n) is 6.27. The molecule has 0 rings (SSSR count). The van der Waals surface area contributed by atoms with Gasteiger partial charge in [0.2, 0.25) is 0 Å². The Bertz CT molecular complexity index is 339. The predicted molar refractivity (Wildman–Crippen MR) is 128 cm³/mol. The van der Waals surface area contributed by atoms with Gasteiger partial charge >= 0.3 is 5.97 Å². The smallest absolute Gasteiger partial charge is 0.308 e. The molecule has 0 aromatic heterocycles. The number of rotatable bonds is 22. The highest BCUT2D eigenvalue weighted by atomic mass is 16.5. The lowest BCUT2D eigenvalue weighted by Crippen LogP contribution is -2.19. The zero-order valence-electron chi connectivity index (χ0n) is 20.6. The van der Waals surface area contributed by atoms with Crippen LogP contribution >= 0.6 is 0 Å². The number of esters is 1. The van der Waals surface area contributed by atoms with Crippen molar-refractivity contribution in [1.82, 2.24) is 0 Å². The van der Waals surface area contributed by atoms with Gasteiger partial charge in [-0.25, -0.2) is 0 Å². The van der Waals surface area contributed by atoms with E-state index in [9.17, 15) is 4.79 Å². The average molecular weight is 411 g/mol. The first kappa shape index (κ1) is 28.5. The van der Waals surface area contributed by atoms with Crippen molar-refractivity contribution in [3.63, 3.8) is 0 Å². The van der Waals surface area contributed by atoms with Crippen LogP contribution in [0, 0.1) is 11.8 Å². The van der Waals surface area contributed by atoms with Crippen LogP contribution < -0.4 is 0 Å². The Labute approximate surface area is 184 Å². The average Bonchev–Trinajstić information content (AvgIpc) is 2.72. The Hall–Kier alpha value is -0.530. The van der Waals surface area contributed by atoms with E-state index < -0.39 is 0 Å². The summed E-state index contributed by atoms with van der Waals surface area (Å²) in [5.74, 6) is 0.655. The summed E-state index contributed by atoms with van der Waals surface area (Å²) in [6, 6.07) is 0. The summed E-state index contributed by atoms with van der Waals surface area (Å²) in [5.41, 5.74) is 0. The maximum absolute atomic E-state index is 12.2. The van der Waals surface area contributed by atoms with Crippen LogP contribution in [0.15, 0.2) is 0 Å². The molecule has 0 heterocycles. The molecule has 0 aliphatic rings. The van der Waals surface area contributed by atoms with Crippen LogP contribution in [0.25, 0.3) is 0 Å². The van der Waals surface area contributed by atoms with E-state index in [1.54, 1.807) is 0 Å². The molecule has 2 heteroatoms. The van der Waals surface area contributed by atoms with E-state index >= 15 is 0 Å². The first-order chi connectivity index (χ1) is 14.2. The predicted octanol–water partition coefficient (Wildman–Crippen LogP) is 9.25. The Kier molecular flexibility index (Phi) is 21.8. The van der Waals surface area contributed by atoms with Gasteiger partial charge in [-0.2, -0.15) is 0 Å². The molecule has 2 atom stereocenters. The minimum atomic E-state index is 0.0249. The van der Waals surface area contributed by atoms with Crippen LogP contribution in [-0.2, 0) is 9.53 Å². The standard InChI is InChI=1S/C27H54O2/c1-5-8-10-11-12-13-14-15-16-17-18-20-23-26(21-7-3)24-29-27(28)25(4)22-19-9-6-2/h25-26H,5-24H2,1-4H3. The minimum Gasteiger partial charge on any atom is -0.465 e. The molecular weight excluding hydrogens is 356 g/mol. The van der Waals surface area contributed by atoms with Crippen LogP contribution in [0.4, 0.5) is 0 Å². The second-order valence-electron chi connectivity index (χ2n) is 9.36. The highest BCUT2D eigenvalue weighted by Gasteiger charge is 2.16. The molecule has 0 aromatic rings. The molecule has 0 spiro atoms. The topological polar surface area (TPSA) is 26.3 Å². The lowest BCUT2D eigenvalue weighted by atomic mass is 9.96. The number of carbonyl (C=O) groups is 1. The normalized spacial score (nSPS) is 13.4. The summed E-state index contributed by atoms with van der Waals surface area (Å²) >= 11 is 0. The van der Waals surface area contributed by atoms with Crippen molar-refractivity contribution >= 4 is 5.97 Å². The van der Waals surface area contributed by atoms with E-state index in [2.05, 4.69) is 20.8 Å². The fourth-order valence-corrected chi connectivity index (χ4v) is 4.15. The van der Waals surface area contributed by atoms with Gasteiger partial charge in [0.1, 0.15) is 0 Å². The van der Waals surface area contributed by atoms with Crippen molar-refractivity contribution < 1.29 is 9.53 Å². The first-order valence-corrected chi connectivity index (χ1v) is 13.3. The summed E-state index contributed by atoms with van der Waals surface area (Å²) in [7, 11) is 0. The molecule has 174 valence electrons. The van der Waals surface area contributed by atoms with Gasteiger partial charge in [-0.1, -0.05) is 130 Å². The van der Waals surface area contributed by atoms with Crippen molar-refractivity contribution in [3.8, 4) is 0 Å². The van der Waals surface area contributed by atoms with Gasteiger partial charge in [-0.3, -0.25) is 4.79 Å². The molecular formula is C27H54O2. The monoisotopic (exact) mass is 410 g/mol. The molecule has 0 fully saturated rings. The van der Waals surface area contributed by atoms with Crippen LogP contribution in [0.1, 0.15) is 150 Å². The van der Waals surface area contributed by atoms with E-state index in [0.29, 0.717) is 12.5 Å². The van der Waals surface area contributed by atoms with E-state index in [-0.39, 0.29) is 11.9 Å². The van der Waals surface area contributed by atoms with Gasteiger partial charge in [0.25, 0.3) is 0 Å². The highest BCUT2D eigenvalue weighted by Crippen LogP contribution is 2.19. The van der Waals surface area contributed by atoms with Gasteiger partial charge in [-0.15, -0.1) is 0 Å². The Morgan fingerprint density at radius 1 is 0.586 bits per heavy atom. The molecule has 2 nitrogen and oxygen atoms in total. The summed E-state index contributed by atoms with van der Waals surface area (Å²) in [4.78, 5) is 12.2. The second-order valence-corrected chi connectivity index (χ2v) is 9.36. The molecule has 0 aliphatic heterocycles. The largest absolute Gasteiger partial charge is 0.465 e. The second kappa shape index (κ2) is 22.2. The number of carbonyl (C=O) groups excluding carboxylic acids is 1. The Balaban J connectivity index is 3.67. The third-order valence-corrected chi connectivity index (χ3v) is 6.27. The third kappa shape index (κ3) is 19.2. The quantitative estimate of drug-likeness (QED) is 0.131. The SMILES string of the molecule is CCCCCCCCCCCCCCC(CCC)COC(=O)C(C)CCCCC.